The molecule has 0 spiro atoms. The highest BCUT2D eigenvalue weighted by Gasteiger charge is 2.27. The summed E-state index contributed by atoms with van der Waals surface area (Å²) in [6, 6.07) is 7.15. The maximum atomic E-state index is 12.1. The smallest absolute Gasteiger partial charge is 0.249 e. The first-order chi connectivity index (χ1) is 13.3. The van der Waals surface area contributed by atoms with Crippen LogP contribution in [0.3, 0.4) is 0 Å². The molecule has 0 radical (unpaired) electrons. The van der Waals surface area contributed by atoms with E-state index in [2.05, 4.69) is 50.8 Å². The standard InChI is InChI=1S/C25H38N2O/c1-5-27(6-2)21-10-7-18(8-11-21)20-9-12-22(24(26)28)23(17-20)19-13-15-25(3,4)16-14-19/h9,12-13,17-18,21H,5-8,10-11,14-16H2,1-4H3,(H2,26,28). The van der Waals surface area contributed by atoms with Crippen LogP contribution in [0.15, 0.2) is 24.3 Å². The molecule has 0 unspecified atom stereocenters. The van der Waals surface area contributed by atoms with Gasteiger partial charge in [0.25, 0.3) is 0 Å². The van der Waals surface area contributed by atoms with E-state index in [0.29, 0.717) is 16.9 Å². The van der Waals surface area contributed by atoms with Gasteiger partial charge in [-0.25, -0.2) is 0 Å². The van der Waals surface area contributed by atoms with Gasteiger partial charge in [-0.05, 0) is 92.1 Å². The van der Waals surface area contributed by atoms with Crippen molar-refractivity contribution in [3.8, 4) is 0 Å². The molecule has 0 aliphatic heterocycles. The Morgan fingerprint density at radius 2 is 1.82 bits per heavy atom. The summed E-state index contributed by atoms with van der Waals surface area (Å²) in [6.07, 6.45) is 10.6. The summed E-state index contributed by atoms with van der Waals surface area (Å²) in [5.74, 6) is 0.297. The molecule has 1 saturated carbocycles. The van der Waals surface area contributed by atoms with Gasteiger partial charge in [-0.15, -0.1) is 0 Å². The number of primary amides is 1. The molecular formula is C25H38N2O. The van der Waals surface area contributed by atoms with Gasteiger partial charge in [0.15, 0.2) is 0 Å². The second-order valence-corrected chi connectivity index (χ2v) is 9.49. The number of hydrogen-bond acceptors (Lipinski definition) is 2. The molecule has 0 aromatic heterocycles. The molecule has 3 rings (SSSR count). The molecule has 154 valence electrons. The van der Waals surface area contributed by atoms with Crippen molar-refractivity contribution in [2.45, 2.75) is 84.6 Å². The lowest BCUT2D eigenvalue weighted by molar-refractivity contribution is 0.1000. The summed E-state index contributed by atoms with van der Waals surface area (Å²) in [5.41, 5.74) is 10.6. The predicted molar refractivity (Wildman–Crippen MR) is 118 cm³/mol. The normalized spacial score (nSPS) is 24.8. The van der Waals surface area contributed by atoms with Crippen LogP contribution in [0.2, 0.25) is 0 Å². The van der Waals surface area contributed by atoms with Gasteiger partial charge >= 0.3 is 0 Å². The van der Waals surface area contributed by atoms with E-state index in [1.54, 1.807) is 0 Å². The second kappa shape index (κ2) is 8.82. The van der Waals surface area contributed by atoms with Crippen LogP contribution in [-0.2, 0) is 0 Å². The zero-order chi connectivity index (χ0) is 20.3. The molecule has 1 aromatic rings. The van der Waals surface area contributed by atoms with E-state index in [1.807, 2.05) is 6.07 Å². The molecule has 28 heavy (non-hydrogen) atoms. The van der Waals surface area contributed by atoms with Crippen LogP contribution in [0.4, 0.5) is 0 Å². The van der Waals surface area contributed by atoms with E-state index in [4.69, 9.17) is 5.73 Å². The van der Waals surface area contributed by atoms with Gasteiger partial charge in [-0.1, -0.05) is 45.9 Å². The molecule has 0 atom stereocenters. The number of nitrogens with two attached hydrogens (primary N) is 1. The fraction of sp³-hybridized carbons (Fsp3) is 0.640. The highest BCUT2D eigenvalue weighted by molar-refractivity contribution is 5.98. The molecule has 1 aromatic carbocycles. The molecule has 2 N–H and O–H groups in total. The molecule has 1 fully saturated rings. The Morgan fingerprint density at radius 1 is 1.14 bits per heavy atom. The minimum absolute atomic E-state index is 0.308. The van der Waals surface area contributed by atoms with Crippen molar-refractivity contribution in [1.29, 1.82) is 0 Å². The lowest BCUT2D eigenvalue weighted by atomic mass is 9.75. The summed E-state index contributed by atoms with van der Waals surface area (Å²) in [4.78, 5) is 14.7. The third-order valence-corrected chi connectivity index (χ3v) is 7.12. The average Bonchev–Trinajstić information content (AvgIpc) is 2.69. The van der Waals surface area contributed by atoms with Crippen LogP contribution in [-0.4, -0.2) is 29.9 Å². The van der Waals surface area contributed by atoms with Crippen molar-refractivity contribution in [2.75, 3.05) is 13.1 Å². The number of amides is 1. The largest absolute Gasteiger partial charge is 0.366 e. The third kappa shape index (κ3) is 4.68. The minimum Gasteiger partial charge on any atom is -0.366 e. The van der Waals surface area contributed by atoms with Gasteiger partial charge < -0.3 is 10.6 Å². The highest BCUT2D eigenvalue weighted by atomic mass is 16.1. The number of allylic oxidation sites excluding steroid dienone is 2. The molecule has 0 saturated heterocycles. The second-order valence-electron chi connectivity index (χ2n) is 9.49. The van der Waals surface area contributed by atoms with Gasteiger partial charge in [-0.2, -0.15) is 0 Å². The molecule has 1 amide bonds. The van der Waals surface area contributed by atoms with Gasteiger partial charge in [-0.3, -0.25) is 4.79 Å². The summed E-state index contributed by atoms with van der Waals surface area (Å²) < 4.78 is 0. The fourth-order valence-corrected chi connectivity index (χ4v) is 5.13. The maximum absolute atomic E-state index is 12.1. The number of benzene rings is 1. The van der Waals surface area contributed by atoms with Gasteiger partial charge in [0, 0.05) is 11.6 Å². The molecule has 0 heterocycles. The summed E-state index contributed by atoms with van der Waals surface area (Å²) in [7, 11) is 0. The van der Waals surface area contributed by atoms with Crippen molar-refractivity contribution < 1.29 is 4.79 Å². The van der Waals surface area contributed by atoms with E-state index in [-0.39, 0.29) is 5.91 Å². The number of carbonyl (C=O) groups is 1. The summed E-state index contributed by atoms with van der Waals surface area (Å²) in [5, 5.41) is 0. The maximum Gasteiger partial charge on any atom is 0.249 e. The Balaban J connectivity index is 1.81. The Morgan fingerprint density at radius 3 is 2.36 bits per heavy atom. The first kappa shape index (κ1) is 21.1. The molecule has 3 heteroatoms. The van der Waals surface area contributed by atoms with Crippen molar-refractivity contribution in [2.24, 2.45) is 11.1 Å². The van der Waals surface area contributed by atoms with E-state index >= 15 is 0 Å². The topological polar surface area (TPSA) is 46.3 Å². The number of nitrogens with zero attached hydrogens (tertiary/aromatic N) is 1. The van der Waals surface area contributed by atoms with Crippen molar-refractivity contribution in [1.82, 2.24) is 4.90 Å². The zero-order valence-electron chi connectivity index (χ0n) is 18.3. The fourth-order valence-electron chi connectivity index (χ4n) is 5.13. The molecule has 2 aliphatic carbocycles. The van der Waals surface area contributed by atoms with Crippen molar-refractivity contribution in [3.05, 3.63) is 41.0 Å². The summed E-state index contributed by atoms with van der Waals surface area (Å²) >= 11 is 0. The summed E-state index contributed by atoms with van der Waals surface area (Å²) in [6.45, 7) is 11.5. The highest BCUT2D eigenvalue weighted by Crippen LogP contribution is 2.41. The first-order valence-electron chi connectivity index (χ1n) is 11.2. The van der Waals surface area contributed by atoms with Gasteiger partial charge in [0.1, 0.15) is 0 Å². The quantitative estimate of drug-likeness (QED) is 0.681. The molecule has 2 aliphatic rings. The van der Waals surface area contributed by atoms with Crippen LogP contribution in [0.25, 0.3) is 5.57 Å². The zero-order valence-corrected chi connectivity index (χ0v) is 18.3. The van der Waals surface area contributed by atoms with Crippen LogP contribution in [0.5, 0.6) is 0 Å². The molecular weight excluding hydrogens is 344 g/mol. The Kier molecular flexibility index (Phi) is 6.65. The third-order valence-electron chi connectivity index (χ3n) is 7.12. The van der Waals surface area contributed by atoms with Crippen LogP contribution in [0.1, 0.15) is 100 Å². The van der Waals surface area contributed by atoms with Gasteiger partial charge in [0.05, 0.1) is 0 Å². The van der Waals surface area contributed by atoms with E-state index in [1.165, 1.54) is 36.8 Å². The number of carbonyl (C=O) groups excluding carboxylic acids is 1. The Hall–Kier alpha value is -1.61. The SMILES string of the molecule is CCN(CC)C1CCC(c2ccc(C(N)=O)c(C3=CCC(C)(C)CC3)c2)CC1. The minimum atomic E-state index is -0.308. The average molecular weight is 383 g/mol. The van der Waals surface area contributed by atoms with Crippen LogP contribution >= 0.6 is 0 Å². The lowest BCUT2D eigenvalue weighted by Crippen LogP contribution is -2.37. The van der Waals surface area contributed by atoms with Crippen LogP contribution in [0, 0.1) is 5.41 Å². The molecule has 0 bridgehead atoms. The Labute approximate surface area is 171 Å². The number of rotatable bonds is 6. The molecule has 3 nitrogen and oxygen atoms in total. The van der Waals surface area contributed by atoms with Crippen LogP contribution < -0.4 is 5.73 Å². The Bertz CT molecular complexity index is 722. The predicted octanol–water partition coefficient (Wildman–Crippen LogP) is 5.75. The van der Waals surface area contributed by atoms with Gasteiger partial charge in [0.2, 0.25) is 5.91 Å². The lowest BCUT2D eigenvalue weighted by Gasteiger charge is -2.36. The van der Waals surface area contributed by atoms with Crippen molar-refractivity contribution >= 4 is 11.5 Å². The van der Waals surface area contributed by atoms with Crippen molar-refractivity contribution in [3.63, 3.8) is 0 Å². The van der Waals surface area contributed by atoms with E-state index in [0.717, 1.165) is 44.0 Å². The monoisotopic (exact) mass is 382 g/mol. The number of hydrogen-bond donors (Lipinski definition) is 1. The first-order valence-corrected chi connectivity index (χ1v) is 11.2. The van der Waals surface area contributed by atoms with E-state index < -0.39 is 0 Å². The van der Waals surface area contributed by atoms with E-state index in [9.17, 15) is 4.79 Å².